The number of imidazole rings is 1. The fourth-order valence-corrected chi connectivity index (χ4v) is 5.62. The summed E-state index contributed by atoms with van der Waals surface area (Å²) >= 11 is 12.6. The van der Waals surface area contributed by atoms with Crippen molar-refractivity contribution in [2.75, 3.05) is 14.2 Å². The average molecular weight is 523 g/mol. The Hall–Kier alpha value is -3.08. The van der Waals surface area contributed by atoms with E-state index in [-0.39, 0.29) is 32.6 Å². The van der Waals surface area contributed by atoms with Gasteiger partial charge < -0.3 is 9.47 Å². The molecule has 0 amide bonds. The van der Waals surface area contributed by atoms with Crippen molar-refractivity contribution in [3.05, 3.63) is 68.8 Å². The molecule has 2 heterocycles. The number of nitrogens with zero attached hydrogens (tertiary/aromatic N) is 3. The number of fused-ring (bicyclic) bond motifs is 1. The lowest BCUT2D eigenvalue weighted by Crippen LogP contribution is -2.30. The molecule has 2 aromatic heterocycles. The number of H-pyrrole nitrogens is 1. The summed E-state index contributed by atoms with van der Waals surface area (Å²) in [7, 11) is -1.17. The van der Waals surface area contributed by atoms with Crippen LogP contribution in [0.1, 0.15) is 19.4 Å². The molecule has 12 heteroatoms. The molecule has 0 saturated heterocycles. The smallest absolute Gasteiger partial charge is 0.332 e. The van der Waals surface area contributed by atoms with E-state index in [1.54, 1.807) is 32.0 Å². The van der Waals surface area contributed by atoms with Crippen LogP contribution in [0.3, 0.4) is 0 Å². The Balaban J connectivity index is 1.93. The van der Waals surface area contributed by atoms with Crippen molar-refractivity contribution in [1.29, 1.82) is 0 Å². The van der Waals surface area contributed by atoms with Crippen LogP contribution in [-0.4, -0.2) is 42.2 Å². The van der Waals surface area contributed by atoms with Crippen molar-refractivity contribution in [3.63, 3.8) is 0 Å². The summed E-state index contributed by atoms with van der Waals surface area (Å²) in [5.41, 5.74) is 0.378. The van der Waals surface area contributed by atoms with E-state index in [1.807, 2.05) is 0 Å². The number of sulfone groups is 1. The molecule has 0 aliphatic heterocycles. The van der Waals surface area contributed by atoms with Gasteiger partial charge in [0.25, 0.3) is 0 Å². The van der Waals surface area contributed by atoms with Gasteiger partial charge in [-0.1, -0.05) is 23.2 Å². The van der Waals surface area contributed by atoms with Gasteiger partial charge in [-0.15, -0.1) is 0 Å². The van der Waals surface area contributed by atoms with Crippen LogP contribution in [0.5, 0.6) is 11.6 Å². The largest absolute Gasteiger partial charge is 0.496 e. The highest BCUT2D eigenvalue weighted by molar-refractivity contribution is 7.92. The maximum atomic E-state index is 13.8. The highest BCUT2D eigenvalue weighted by atomic mass is 35.5. The summed E-state index contributed by atoms with van der Waals surface area (Å²) in [5.74, 6) is 0.540. The van der Waals surface area contributed by atoms with Crippen LogP contribution in [0, 0.1) is 0 Å². The van der Waals surface area contributed by atoms with Crippen molar-refractivity contribution in [2.45, 2.75) is 23.5 Å². The summed E-state index contributed by atoms with van der Waals surface area (Å²) in [6.07, 6.45) is 1.23. The zero-order chi connectivity index (χ0) is 24.8. The van der Waals surface area contributed by atoms with E-state index in [0.29, 0.717) is 16.3 Å². The molecule has 0 saturated carbocycles. The van der Waals surface area contributed by atoms with Crippen LogP contribution in [0.15, 0.2) is 52.4 Å². The first-order valence-electron chi connectivity index (χ1n) is 9.91. The Morgan fingerprint density at radius 1 is 1.03 bits per heavy atom. The molecule has 178 valence electrons. The Bertz CT molecular complexity index is 1580. The predicted octanol–water partition coefficient (Wildman–Crippen LogP) is 4.14. The Kier molecular flexibility index (Phi) is 6.09. The summed E-state index contributed by atoms with van der Waals surface area (Å²) in [4.78, 5) is 23.5. The van der Waals surface area contributed by atoms with Crippen LogP contribution >= 0.6 is 23.2 Å². The van der Waals surface area contributed by atoms with Gasteiger partial charge in [-0.3, -0.25) is 4.98 Å². The molecule has 2 aromatic carbocycles. The molecular weight excluding hydrogens is 503 g/mol. The van der Waals surface area contributed by atoms with E-state index in [4.69, 9.17) is 32.7 Å². The van der Waals surface area contributed by atoms with Gasteiger partial charge in [0.15, 0.2) is 15.5 Å². The molecule has 0 radical (unpaired) electrons. The first-order chi connectivity index (χ1) is 16.0. The lowest BCUT2D eigenvalue weighted by molar-refractivity contribution is 0.401. The number of ether oxygens (including phenoxy) is 2. The molecule has 4 aromatic rings. The molecule has 0 aliphatic rings. The standard InChI is InChI=1S/C22H20Cl2N4O5S/c1-22(2,14-9-12(23)5-8-17(14)32-3)34(30,31)13-6-7-15(24)16(10-13)28-19-18(27-21(28)29)20(33-4)26-11-25-19/h5-11H,1-4H3,(H,27,29). The number of hydrogen-bond acceptors (Lipinski definition) is 7. The highest BCUT2D eigenvalue weighted by Crippen LogP contribution is 2.41. The number of rotatable bonds is 6. The molecule has 9 nitrogen and oxygen atoms in total. The number of aromatic amines is 1. The van der Waals surface area contributed by atoms with Gasteiger partial charge in [-0.05, 0) is 50.2 Å². The van der Waals surface area contributed by atoms with Crippen LogP contribution < -0.4 is 15.2 Å². The van der Waals surface area contributed by atoms with E-state index >= 15 is 0 Å². The van der Waals surface area contributed by atoms with Gasteiger partial charge in [-0.25, -0.2) is 22.8 Å². The monoisotopic (exact) mass is 522 g/mol. The second-order valence-electron chi connectivity index (χ2n) is 7.82. The summed E-state index contributed by atoms with van der Waals surface area (Å²) in [5, 5.41) is 0.521. The van der Waals surface area contributed by atoms with Crippen LogP contribution in [0.25, 0.3) is 16.9 Å². The average Bonchev–Trinajstić information content (AvgIpc) is 3.14. The summed E-state index contributed by atoms with van der Waals surface area (Å²) in [6.45, 7) is 3.11. The molecule has 0 fully saturated rings. The lowest BCUT2D eigenvalue weighted by Gasteiger charge is -2.27. The molecule has 34 heavy (non-hydrogen) atoms. The number of methoxy groups -OCH3 is 2. The van der Waals surface area contributed by atoms with Crippen molar-refractivity contribution >= 4 is 44.2 Å². The molecule has 4 rings (SSSR count). The first kappa shape index (κ1) is 24.1. The molecule has 0 unspecified atom stereocenters. The fourth-order valence-electron chi connectivity index (χ4n) is 3.70. The summed E-state index contributed by atoms with van der Waals surface area (Å²) in [6, 6.07) is 8.92. The van der Waals surface area contributed by atoms with E-state index in [0.717, 1.165) is 0 Å². The Morgan fingerprint density at radius 2 is 1.76 bits per heavy atom. The van der Waals surface area contributed by atoms with Gasteiger partial charge >= 0.3 is 5.69 Å². The predicted molar refractivity (Wildman–Crippen MR) is 129 cm³/mol. The van der Waals surface area contributed by atoms with E-state index in [9.17, 15) is 13.2 Å². The number of aromatic nitrogens is 4. The quantitative estimate of drug-likeness (QED) is 0.404. The van der Waals surface area contributed by atoms with E-state index in [2.05, 4.69) is 15.0 Å². The van der Waals surface area contributed by atoms with E-state index in [1.165, 1.54) is 43.3 Å². The number of benzene rings is 2. The normalized spacial score (nSPS) is 12.2. The van der Waals surface area contributed by atoms with Gasteiger partial charge in [0.2, 0.25) is 5.88 Å². The van der Waals surface area contributed by atoms with Crippen molar-refractivity contribution in [1.82, 2.24) is 19.5 Å². The zero-order valence-electron chi connectivity index (χ0n) is 18.6. The highest BCUT2D eigenvalue weighted by Gasteiger charge is 2.40. The molecule has 0 bridgehead atoms. The first-order valence-corrected chi connectivity index (χ1v) is 12.1. The molecule has 0 spiro atoms. The third-order valence-electron chi connectivity index (χ3n) is 5.58. The second-order valence-corrected chi connectivity index (χ2v) is 11.2. The number of hydrogen-bond donors (Lipinski definition) is 1. The van der Waals surface area contributed by atoms with Gasteiger partial charge in [0.1, 0.15) is 17.6 Å². The number of halogens is 2. The van der Waals surface area contributed by atoms with Crippen molar-refractivity contribution in [3.8, 4) is 17.3 Å². The third kappa shape index (κ3) is 3.71. The van der Waals surface area contributed by atoms with Gasteiger partial charge in [0.05, 0.1) is 34.6 Å². The number of nitrogens with one attached hydrogen (secondary N) is 1. The minimum atomic E-state index is -4.03. The third-order valence-corrected chi connectivity index (χ3v) is 8.58. The Morgan fingerprint density at radius 3 is 2.44 bits per heavy atom. The molecular formula is C22H20Cl2N4O5S. The van der Waals surface area contributed by atoms with E-state index < -0.39 is 20.3 Å². The van der Waals surface area contributed by atoms with Crippen molar-refractivity contribution < 1.29 is 17.9 Å². The molecule has 0 atom stereocenters. The van der Waals surface area contributed by atoms with Gasteiger partial charge in [-0.2, -0.15) is 4.98 Å². The minimum absolute atomic E-state index is 0.0544. The maximum absolute atomic E-state index is 13.8. The maximum Gasteiger partial charge on any atom is 0.332 e. The SMILES string of the molecule is COc1ccc(Cl)cc1C(C)(C)S(=O)(=O)c1ccc(Cl)c(-n2c(=O)[nH]c3c(OC)ncnc32)c1. The zero-order valence-corrected chi connectivity index (χ0v) is 20.9. The van der Waals surface area contributed by atoms with Gasteiger partial charge in [0, 0.05) is 10.6 Å². The lowest BCUT2D eigenvalue weighted by atomic mass is 10.0. The van der Waals surface area contributed by atoms with Crippen molar-refractivity contribution in [2.24, 2.45) is 0 Å². The molecule has 0 aliphatic carbocycles. The summed E-state index contributed by atoms with van der Waals surface area (Å²) < 4.78 is 38.0. The molecule has 1 N–H and O–H groups in total. The van der Waals surface area contributed by atoms with Crippen LogP contribution in [0.4, 0.5) is 0 Å². The fraction of sp³-hybridized carbons (Fsp3) is 0.227. The van der Waals surface area contributed by atoms with Crippen LogP contribution in [0.2, 0.25) is 10.0 Å². The topological polar surface area (TPSA) is 116 Å². The minimum Gasteiger partial charge on any atom is -0.496 e. The van der Waals surface area contributed by atoms with Crippen LogP contribution in [-0.2, 0) is 14.6 Å². The Labute approximate surface area is 205 Å². The second kappa shape index (κ2) is 8.61.